The third kappa shape index (κ3) is 3.12. The summed E-state index contributed by atoms with van der Waals surface area (Å²) in [6, 6.07) is 1.98. The first-order valence-corrected chi connectivity index (χ1v) is 6.19. The number of carbonyl (C=O) groups excluding carboxylic acids is 1. The Morgan fingerprint density at radius 2 is 2.33 bits per heavy atom. The van der Waals surface area contributed by atoms with Gasteiger partial charge in [0.25, 0.3) is 0 Å². The summed E-state index contributed by atoms with van der Waals surface area (Å²) in [5.41, 5.74) is 6.21. The molecule has 0 spiro atoms. The predicted molar refractivity (Wildman–Crippen MR) is 69.8 cm³/mol. The molecule has 0 fully saturated rings. The van der Waals surface area contributed by atoms with Crippen LogP contribution in [0.3, 0.4) is 0 Å². The van der Waals surface area contributed by atoms with Crippen molar-refractivity contribution in [1.29, 1.82) is 5.26 Å². The number of nitrogens with one attached hydrogen (secondary N) is 1. The molecule has 0 aliphatic rings. The van der Waals surface area contributed by atoms with E-state index < -0.39 is 5.97 Å². The van der Waals surface area contributed by atoms with Gasteiger partial charge in [-0.2, -0.15) is 5.26 Å². The molecule has 18 heavy (non-hydrogen) atoms. The smallest absolute Gasteiger partial charge is 0.350 e. The molecule has 7 heteroatoms. The molecule has 98 valence electrons. The number of rotatable bonds is 6. The Morgan fingerprint density at radius 1 is 1.61 bits per heavy atom. The zero-order chi connectivity index (χ0) is 13.5. The average Bonchev–Trinajstić information content (AvgIpc) is 2.66. The summed E-state index contributed by atoms with van der Waals surface area (Å²) in [4.78, 5) is 11.9. The lowest BCUT2D eigenvalue weighted by atomic mass is 10.2. The van der Waals surface area contributed by atoms with Crippen LogP contribution >= 0.6 is 11.3 Å². The Hall–Kier alpha value is -1.78. The first-order chi connectivity index (χ1) is 8.65. The van der Waals surface area contributed by atoms with Gasteiger partial charge in [0.15, 0.2) is 0 Å². The molecule has 1 aromatic heterocycles. The van der Waals surface area contributed by atoms with E-state index in [-0.39, 0.29) is 22.7 Å². The maximum Gasteiger partial charge on any atom is 0.350 e. The number of methoxy groups -OCH3 is 1. The molecule has 1 rings (SSSR count). The summed E-state index contributed by atoms with van der Waals surface area (Å²) in [6.07, 6.45) is 0. The molecule has 0 bridgehead atoms. The van der Waals surface area contributed by atoms with Crippen molar-refractivity contribution in [3.05, 3.63) is 10.4 Å². The van der Waals surface area contributed by atoms with Gasteiger partial charge in [-0.25, -0.2) is 4.79 Å². The summed E-state index contributed by atoms with van der Waals surface area (Å²) in [5.74, 6) is -0.503. The van der Waals surface area contributed by atoms with Gasteiger partial charge >= 0.3 is 5.97 Å². The predicted octanol–water partition coefficient (Wildman–Crippen LogP) is 1.44. The minimum atomic E-state index is -0.503. The Labute approximate surface area is 109 Å². The fraction of sp³-hybridized carbons (Fsp3) is 0.455. The van der Waals surface area contributed by atoms with Gasteiger partial charge in [-0.15, -0.1) is 11.3 Å². The quantitative estimate of drug-likeness (QED) is 0.599. The van der Waals surface area contributed by atoms with Crippen molar-refractivity contribution in [2.45, 2.75) is 6.92 Å². The van der Waals surface area contributed by atoms with Crippen LogP contribution in [-0.4, -0.2) is 32.8 Å². The minimum absolute atomic E-state index is 0.167. The van der Waals surface area contributed by atoms with Gasteiger partial charge in [0, 0.05) is 13.7 Å². The Bertz CT molecular complexity index is 465. The van der Waals surface area contributed by atoms with Crippen LogP contribution in [0, 0.1) is 11.3 Å². The number of nitrogen functional groups attached to an aromatic ring is 1. The molecular weight excluding hydrogens is 254 g/mol. The van der Waals surface area contributed by atoms with Crippen molar-refractivity contribution in [2.75, 3.05) is 37.9 Å². The van der Waals surface area contributed by atoms with Crippen LogP contribution in [-0.2, 0) is 9.47 Å². The number of carbonyl (C=O) groups is 1. The standard InChI is InChI=1S/C11H15N3O3S/c1-3-17-11(15)9-8(13)7(6-12)10(18-9)14-4-5-16-2/h14H,3-5,13H2,1-2H3. The highest BCUT2D eigenvalue weighted by atomic mass is 32.1. The zero-order valence-electron chi connectivity index (χ0n) is 10.3. The number of nitrogens with two attached hydrogens (primary N) is 1. The van der Waals surface area contributed by atoms with Gasteiger partial charge in [-0.1, -0.05) is 0 Å². The Balaban J connectivity index is 2.95. The van der Waals surface area contributed by atoms with Gasteiger partial charge < -0.3 is 20.5 Å². The molecule has 0 saturated carbocycles. The number of anilines is 2. The van der Waals surface area contributed by atoms with Crippen LogP contribution in [0.25, 0.3) is 0 Å². The largest absolute Gasteiger partial charge is 0.462 e. The molecule has 1 heterocycles. The van der Waals surface area contributed by atoms with E-state index in [2.05, 4.69) is 5.32 Å². The van der Waals surface area contributed by atoms with E-state index in [4.69, 9.17) is 20.5 Å². The highest BCUT2D eigenvalue weighted by Crippen LogP contribution is 2.35. The Morgan fingerprint density at radius 3 is 2.89 bits per heavy atom. The van der Waals surface area contributed by atoms with Crippen LogP contribution in [0.1, 0.15) is 22.2 Å². The number of esters is 1. The minimum Gasteiger partial charge on any atom is -0.462 e. The number of nitrogens with zero attached hydrogens (tertiary/aromatic N) is 1. The SMILES string of the molecule is CCOC(=O)c1sc(NCCOC)c(C#N)c1N. The highest BCUT2D eigenvalue weighted by Gasteiger charge is 2.21. The van der Waals surface area contributed by atoms with Crippen LogP contribution < -0.4 is 11.1 Å². The summed E-state index contributed by atoms with van der Waals surface area (Å²) >= 11 is 1.12. The van der Waals surface area contributed by atoms with Gasteiger partial charge in [-0.05, 0) is 6.92 Å². The normalized spacial score (nSPS) is 9.83. The van der Waals surface area contributed by atoms with E-state index in [1.807, 2.05) is 6.07 Å². The molecule has 3 N–H and O–H groups in total. The van der Waals surface area contributed by atoms with Crippen LogP contribution in [0.15, 0.2) is 0 Å². The van der Waals surface area contributed by atoms with Crippen LogP contribution in [0.5, 0.6) is 0 Å². The molecule has 0 radical (unpaired) electrons. The van der Waals surface area contributed by atoms with Gasteiger partial charge in [0.05, 0.1) is 18.9 Å². The molecule has 0 unspecified atom stereocenters. The van der Waals surface area contributed by atoms with Crippen molar-refractivity contribution >= 4 is 28.0 Å². The lowest BCUT2D eigenvalue weighted by molar-refractivity contribution is 0.0533. The zero-order valence-corrected chi connectivity index (χ0v) is 11.1. The molecule has 0 aliphatic heterocycles. The summed E-state index contributed by atoms with van der Waals surface area (Å²) in [7, 11) is 1.58. The van der Waals surface area contributed by atoms with E-state index in [0.29, 0.717) is 18.2 Å². The second-order valence-electron chi connectivity index (χ2n) is 3.30. The van der Waals surface area contributed by atoms with E-state index in [1.165, 1.54) is 0 Å². The molecule has 0 aliphatic carbocycles. The molecule has 0 amide bonds. The maximum absolute atomic E-state index is 11.6. The van der Waals surface area contributed by atoms with Crippen molar-refractivity contribution in [2.24, 2.45) is 0 Å². The second kappa shape index (κ2) is 6.83. The molecule has 6 nitrogen and oxygen atoms in total. The Kier molecular flexibility index (Phi) is 5.42. The monoisotopic (exact) mass is 269 g/mol. The number of thiophene rings is 1. The lowest BCUT2D eigenvalue weighted by Gasteiger charge is -2.02. The summed E-state index contributed by atoms with van der Waals surface area (Å²) in [6.45, 7) is 3.01. The fourth-order valence-corrected chi connectivity index (χ4v) is 2.28. The first-order valence-electron chi connectivity index (χ1n) is 5.38. The van der Waals surface area contributed by atoms with E-state index in [0.717, 1.165) is 11.3 Å². The highest BCUT2D eigenvalue weighted by molar-refractivity contribution is 7.18. The number of hydrogen-bond acceptors (Lipinski definition) is 7. The maximum atomic E-state index is 11.6. The average molecular weight is 269 g/mol. The van der Waals surface area contributed by atoms with Crippen molar-refractivity contribution < 1.29 is 14.3 Å². The van der Waals surface area contributed by atoms with Gasteiger partial charge in [-0.3, -0.25) is 0 Å². The van der Waals surface area contributed by atoms with Crippen LogP contribution in [0.4, 0.5) is 10.7 Å². The molecule has 0 atom stereocenters. The van der Waals surface area contributed by atoms with Gasteiger partial charge in [0.1, 0.15) is 21.5 Å². The number of ether oxygens (including phenoxy) is 2. The van der Waals surface area contributed by atoms with Crippen molar-refractivity contribution in [3.8, 4) is 6.07 Å². The summed E-state index contributed by atoms with van der Waals surface area (Å²) < 4.78 is 9.77. The second-order valence-corrected chi connectivity index (χ2v) is 4.32. The number of nitriles is 1. The molecular formula is C11H15N3O3S. The number of hydrogen-bond donors (Lipinski definition) is 2. The lowest BCUT2D eigenvalue weighted by Crippen LogP contribution is -2.07. The van der Waals surface area contributed by atoms with E-state index in [9.17, 15) is 4.79 Å². The third-order valence-electron chi connectivity index (χ3n) is 2.11. The van der Waals surface area contributed by atoms with Crippen molar-refractivity contribution in [1.82, 2.24) is 0 Å². The molecule has 1 aromatic rings. The first kappa shape index (κ1) is 14.3. The topological polar surface area (TPSA) is 97.4 Å². The van der Waals surface area contributed by atoms with Crippen molar-refractivity contribution in [3.63, 3.8) is 0 Å². The fourth-order valence-electron chi connectivity index (χ4n) is 1.29. The summed E-state index contributed by atoms with van der Waals surface area (Å²) in [5, 5.41) is 12.6. The van der Waals surface area contributed by atoms with E-state index >= 15 is 0 Å². The van der Waals surface area contributed by atoms with Crippen LogP contribution in [0.2, 0.25) is 0 Å². The molecule has 0 saturated heterocycles. The van der Waals surface area contributed by atoms with Gasteiger partial charge in [0.2, 0.25) is 0 Å². The van der Waals surface area contributed by atoms with E-state index in [1.54, 1.807) is 14.0 Å². The third-order valence-corrected chi connectivity index (χ3v) is 3.25. The molecule has 0 aromatic carbocycles.